The van der Waals surface area contributed by atoms with Crippen LogP contribution in [0.4, 0.5) is 10.5 Å². The lowest BCUT2D eigenvalue weighted by Gasteiger charge is -2.26. The zero-order valence-corrected chi connectivity index (χ0v) is 16.4. The number of nitrogens with zero attached hydrogens (tertiary/aromatic N) is 1. The third kappa shape index (κ3) is 4.69. The highest BCUT2D eigenvalue weighted by atomic mass is 16.5. The fraction of sp³-hybridized carbons (Fsp3) is 0.217. The Morgan fingerprint density at radius 2 is 1.63 bits per heavy atom. The number of urea groups is 1. The molecule has 0 radical (unpaired) electrons. The van der Waals surface area contributed by atoms with E-state index in [1.807, 2.05) is 36.4 Å². The summed E-state index contributed by atoms with van der Waals surface area (Å²) in [5, 5.41) is 5.75. The first kappa shape index (κ1) is 19.7. The Morgan fingerprint density at radius 3 is 2.30 bits per heavy atom. The highest BCUT2D eigenvalue weighted by molar-refractivity contribution is 5.95. The van der Waals surface area contributed by atoms with Gasteiger partial charge in [-0.05, 0) is 42.0 Å². The van der Waals surface area contributed by atoms with Gasteiger partial charge in [0.05, 0.1) is 19.5 Å². The first-order valence-electron chi connectivity index (χ1n) is 9.83. The number of amides is 3. The summed E-state index contributed by atoms with van der Waals surface area (Å²) in [6, 6.07) is 19.3. The minimum Gasteiger partial charge on any atom is -0.467 e. The molecule has 1 atom stereocenters. The molecule has 1 aromatic heterocycles. The topological polar surface area (TPSA) is 83.8 Å². The summed E-state index contributed by atoms with van der Waals surface area (Å²) in [7, 11) is 0. The Kier molecular flexibility index (Phi) is 6.10. The molecule has 1 fully saturated rings. The molecule has 3 aromatic rings. The van der Waals surface area contributed by atoms with E-state index in [2.05, 4.69) is 10.6 Å². The Morgan fingerprint density at radius 1 is 0.900 bits per heavy atom. The van der Waals surface area contributed by atoms with Crippen molar-refractivity contribution in [3.63, 3.8) is 0 Å². The average Bonchev–Trinajstić information content (AvgIpc) is 3.33. The molecule has 7 heteroatoms. The molecule has 4 rings (SSSR count). The van der Waals surface area contributed by atoms with Crippen LogP contribution >= 0.6 is 0 Å². The fourth-order valence-electron chi connectivity index (χ4n) is 3.36. The van der Waals surface area contributed by atoms with Gasteiger partial charge in [0.15, 0.2) is 0 Å². The number of hydrogen-bond donors (Lipinski definition) is 2. The van der Waals surface area contributed by atoms with Crippen LogP contribution in [0.5, 0.6) is 0 Å². The highest BCUT2D eigenvalue weighted by Crippen LogP contribution is 2.22. The number of ether oxygens (including phenoxy) is 1. The Balaban J connectivity index is 1.41. The molecule has 0 saturated carbocycles. The van der Waals surface area contributed by atoms with Gasteiger partial charge in [-0.15, -0.1) is 0 Å². The van der Waals surface area contributed by atoms with Crippen molar-refractivity contribution >= 4 is 17.6 Å². The lowest BCUT2D eigenvalue weighted by Crippen LogP contribution is -2.40. The molecule has 1 saturated heterocycles. The first-order valence-corrected chi connectivity index (χ1v) is 9.83. The number of carbonyl (C=O) groups is 2. The van der Waals surface area contributed by atoms with Crippen molar-refractivity contribution < 1.29 is 18.7 Å². The molecule has 1 aliphatic rings. The van der Waals surface area contributed by atoms with Gasteiger partial charge in [-0.1, -0.05) is 30.3 Å². The summed E-state index contributed by atoms with van der Waals surface area (Å²) < 4.78 is 10.8. The number of benzene rings is 2. The van der Waals surface area contributed by atoms with Gasteiger partial charge in [-0.25, -0.2) is 4.79 Å². The summed E-state index contributed by atoms with van der Waals surface area (Å²) in [4.78, 5) is 26.9. The van der Waals surface area contributed by atoms with Crippen molar-refractivity contribution in [2.45, 2.75) is 6.04 Å². The smallest absolute Gasteiger partial charge is 0.320 e. The molecule has 0 bridgehead atoms. The quantitative estimate of drug-likeness (QED) is 0.679. The van der Waals surface area contributed by atoms with Crippen LogP contribution in [0.1, 0.15) is 27.7 Å². The van der Waals surface area contributed by atoms with Crippen molar-refractivity contribution in [3.8, 4) is 0 Å². The second-order valence-corrected chi connectivity index (χ2v) is 6.94. The number of hydrogen-bond acceptors (Lipinski definition) is 4. The first-order chi connectivity index (χ1) is 14.7. The minimum atomic E-state index is -0.414. The summed E-state index contributed by atoms with van der Waals surface area (Å²) in [6.07, 6.45) is 1.58. The summed E-state index contributed by atoms with van der Waals surface area (Å²) in [5.41, 5.74) is 2.09. The van der Waals surface area contributed by atoms with Gasteiger partial charge in [0.2, 0.25) is 0 Å². The number of rotatable bonds is 5. The van der Waals surface area contributed by atoms with E-state index in [-0.39, 0.29) is 11.9 Å². The molecule has 0 spiro atoms. The second-order valence-electron chi connectivity index (χ2n) is 6.94. The maximum Gasteiger partial charge on any atom is 0.320 e. The van der Waals surface area contributed by atoms with Gasteiger partial charge in [0.25, 0.3) is 5.91 Å². The van der Waals surface area contributed by atoms with Crippen LogP contribution in [0.2, 0.25) is 0 Å². The van der Waals surface area contributed by atoms with Crippen molar-refractivity contribution in [2.75, 3.05) is 31.6 Å². The van der Waals surface area contributed by atoms with Crippen LogP contribution < -0.4 is 10.6 Å². The summed E-state index contributed by atoms with van der Waals surface area (Å²) in [5.74, 6) is 0.610. The Bertz CT molecular complexity index is 965. The number of carbonyl (C=O) groups excluding carboxylic acids is 2. The Hall–Kier alpha value is -3.58. The van der Waals surface area contributed by atoms with Gasteiger partial charge < -0.3 is 24.7 Å². The predicted molar refractivity (Wildman–Crippen MR) is 112 cm³/mol. The standard InChI is InChI=1S/C23H23N3O4/c27-22(26-12-15-29-16-13-26)18-8-10-19(11-9-18)24-23(28)25-21(20-7-4-14-30-20)17-5-2-1-3-6-17/h1-11,14,21H,12-13,15-16H2,(H2,24,25,28). The molecule has 154 valence electrons. The molecule has 2 heterocycles. The number of furan rings is 1. The van der Waals surface area contributed by atoms with Crippen LogP contribution in [0.15, 0.2) is 77.4 Å². The van der Waals surface area contributed by atoms with E-state index in [0.717, 1.165) is 5.56 Å². The van der Waals surface area contributed by atoms with Crippen molar-refractivity contribution in [3.05, 3.63) is 89.9 Å². The second kappa shape index (κ2) is 9.28. The van der Waals surface area contributed by atoms with Crippen molar-refractivity contribution in [1.82, 2.24) is 10.2 Å². The molecule has 1 aliphatic heterocycles. The zero-order chi connectivity index (χ0) is 20.8. The highest BCUT2D eigenvalue weighted by Gasteiger charge is 2.20. The van der Waals surface area contributed by atoms with Crippen LogP contribution in [0.3, 0.4) is 0 Å². The third-order valence-electron chi connectivity index (χ3n) is 4.92. The monoisotopic (exact) mass is 405 g/mol. The average molecular weight is 405 g/mol. The van der Waals surface area contributed by atoms with E-state index >= 15 is 0 Å². The molecular weight excluding hydrogens is 382 g/mol. The van der Waals surface area contributed by atoms with Crippen molar-refractivity contribution in [2.24, 2.45) is 0 Å². The predicted octanol–water partition coefficient (Wildman–Crippen LogP) is 3.66. The number of nitrogens with one attached hydrogen (secondary N) is 2. The lowest BCUT2D eigenvalue weighted by atomic mass is 10.1. The largest absolute Gasteiger partial charge is 0.467 e. The maximum absolute atomic E-state index is 12.6. The lowest BCUT2D eigenvalue weighted by molar-refractivity contribution is 0.0303. The van der Waals surface area contributed by atoms with Crippen LogP contribution in [0, 0.1) is 0 Å². The van der Waals surface area contributed by atoms with E-state index in [1.165, 1.54) is 0 Å². The van der Waals surface area contributed by atoms with Crippen molar-refractivity contribution in [1.29, 1.82) is 0 Å². The molecule has 2 N–H and O–H groups in total. The van der Waals surface area contributed by atoms with E-state index in [9.17, 15) is 9.59 Å². The van der Waals surface area contributed by atoms with E-state index in [4.69, 9.17) is 9.15 Å². The third-order valence-corrected chi connectivity index (χ3v) is 4.92. The van der Waals surface area contributed by atoms with Gasteiger partial charge in [-0.2, -0.15) is 0 Å². The molecule has 0 aliphatic carbocycles. The van der Waals surface area contributed by atoms with Gasteiger partial charge in [-0.3, -0.25) is 4.79 Å². The zero-order valence-electron chi connectivity index (χ0n) is 16.4. The Labute approximate surface area is 174 Å². The van der Waals surface area contributed by atoms with Gasteiger partial charge in [0.1, 0.15) is 11.8 Å². The minimum absolute atomic E-state index is 0.0312. The van der Waals surface area contributed by atoms with Gasteiger partial charge >= 0.3 is 6.03 Å². The molecule has 1 unspecified atom stereocenters. The molecule has 2 aromatic carbocycles. The molecule has 30 heavy (non-hydrogen) atoms. The summed E-state index contributed by atoms with van der Waals surface area (Å²) >= 11 is 0. The van der Waals surface area contributed by atoms with Gasteiger partial charge in [0, 0.05) is 24.3 Å². The SMILES string of the molecule is O=C(Nc1ccc(C(=O)N2CCOCC2)cc1)NC(c1ccccc1)c1ccco1. The molecular formula is C23H23N3O4. The van der Waals surface area contributed by atoms with Crippen LogP contribution in [-0.4, -0.2) is 43.1 Å². The number of anilines is 1. The van der Waals surface area contributed by atoms with E-state index in [0.29, 0.717) is 43.3 Å². The summed E-state index contributed by atoms with van der Waals surface area (Å²) in [6.45, 7) is 2.30. The van der Waals surface area contributed by atoms with Crippen LogP contribution in [0.25, 0.3) is 0 Å². The molecule has 7 nitrogen and oxygen atoms in total. The van der Waals surface area contributed by atoms with E-state index < -0.39 is 6.04 Å². The number of morpholine rings is 1. The molecule has 3 amide bonds. The fourth-order valence-corrected chi connectivity index (χ4v) is 3.36. The van der Waals surface area contributed by atoms with E-state index in [1.54, 1.807) is 41.5 Å². The van der Waals surface area contributed by atoms with Crippen LogP contribution in [-0.2, 0) is 4.74 Å². The maximum atomic E-state index is 12.6. The normalized spacial score (nSPS) is 14.7.